The number of halogens is 1. The van der Waals surface area contributed by atoms with Crippen LogP contribution in [0.15, 0.2) is 84.9 Å². The Balaban J connectivity index is 1.32. The molecule has 1 saturated heterocycles. The molecule has 1 N–H and O–H groups in total. The van der Waals surface area contributed by atoms with Crippen LogP contribution in [0.1, 0.15) is 28.8 Å². The number of pyridine rings is 1. The van der Waals surface area contributed by atoms with Gasteiger partial charge in [0.05, 0.1) is 16.8 Å². The summed E-state index contributed by atoms with van der Waals surface area (Å²) in [4.78, 5) is 20.6. The number of carbonyl (C=O) groups is 1. The van der Waals surface area contributed by atoms with Crippen molar-refractivity contribution < 1.29 is 4.79 Å². The van der Waals surface area contributed by atoms with Gasteiger partial charge in [0.25, 0.3) is 5.91 Å². The van der Waals surface area contributed by atoms with Gasteiger partial charge in [0, 0.05) is 41.6 Å². The first-order chi connectivity index (χ1) is 16.2. The first kappa shape index (κ1) is 21.6. The van der Waals surface area contributed by atoms with Crippen LogP contribution in [-0.4, -0.2) is 34.9 Å². The fourth-order valence-electron chi connectivity index (χ4n) is 4.47. The van der Waals surface area contributed by atoms with Crippen LogP contribution in [-0.2, 0) is 6.54 Å². The van der Waals surface area contributed by atoms with Gasteiger partial charge >= 0.3 is 0 Å². The van der Waals surface area contributed by atoms with Gasteiger partial charge in [-0.3, -0.25) is 9.69 Å². The van der Waals surface area contributed by atoms with Crippen LogP contribution in [0.3, 0.4) is 0 Å². The van der Waals surface area contributed by atoms with Gasteiger partial charge < -0.3 is 5.32 Å². The predicted molar refractivity (Wildman–Crippen MR) is 134 cm³/mol. The van der Waals surface area contributed by atoms with Crippen molar-refractivity contribution in [3.63, 3.8) is 0 Å². The van der Waals surface area contributed by atoms with E-state index in [9.17, 15) is 4.79 Å². The molecule has 0 spiro atoms. The number of hydrogen-bond acceptors (Lipinski definition) is 3. The minimum Gasteiger partial charge on any atom is -0.349 e. The normalized spacial score (nSPS) is 14.9. The highest BCUT2D eigenvalue weighted by Crippen LogP contribution is 2.26. The molecule has 0 saturated carbocycles. The SMILES string of the molecule is O=C(NC1CCN(Cc2ccccc2)CC1)c1cc(-c2ccc(Cl)cc2)nc2ccccc12. The second kappa shape index (κ2) is 9.74. The smallest absolute Gasteiger partial charge is 0.252 e. The number of piperidine rings is 1. The third-order valence-corrected chi connectivity index (χ3v) is 6.52. The van der Waals surface area contributed by atoms with Gasteiger partial charge in [-0.1, -0.05) is 72.3 Å². The van der Waals surface area contributed by atoms with Gasteiger partial charge in [0.1, 0.15) is 0 Å². The molecule has 1 aliphatic rings. The monoisotopic (exact) mass is 455 g/mol. The lowest BCUT2D eigenvalue weighted by Gasteiger charge is -2.32. The molecule has 0 aliphatic carbocycles. The van der Waals surface area contributed by atoms with Gasteiger partial charge in [0.2, 0.25) is 0 Å². The zero-order valence-electron chi connectivity index (χ0n) is 18.4. The summed E-state index contributed by atoms with van der Waals surface area (Å²) in [6.45, 7) is 2.92. The highest BCUT2D eigenvalue weighted by Gasteiger charge is 2.22. The number of amides is 1. The van der Waals surface area contributed by atoms with Crippen molar-refractivity contribution in [3.8, 4) is 11.3 Å². The number of nitrogens with zero attached hydrogens (tertiary/aromatic N) is 2. The van der Waals surface area contributed by atoms with Crippen LogP contribution in [0.25, 0.3) is 22.2 Å². The molecule has 5 rings (SSSR count). The lowest BCUT2D eigenvalue weighted by molar-refractivity contribution is 0.0910. The van der Waals surface area contributed by atoms with E-state index in [1.807, 2.05) is 60.7 Å². The van der Waals surface area contributed by atoms with E-state index in [1.54, 1.807) is 0 Å². The van der Waals surface area contributed by atoms with Crippen LogP contribution in [0.2, 0.25) is 5.02 Å². The maximum atomic E-state index is 13.4. The Morgan fingerprint density at radius 1 is 0.939 bits per heavy atom. The van der Waals surface area contributed by atoms with Crippen LogP contribution >= 0.6 is 11.6 Å². The number of carbonyl (C=O) groups excluding carboxylic acids is 1. The fourth-order valence-corrected chi connectivity index (χ4v) is 4.60. The molecule has 5 heteroatoms. The second-order valence-corrected chi connectivity index (χ2v) is 9.03. The van der Waals surface area contributed by atoms with E-state index in [0.29, 0.717) is 10.6 Å². The highest BCUT2D eigenvalue weighted by molar-refractivity contribution is 6.30. The summed E-state index contributed by atoms with van der Waals surface area (Å²) in [7, 11) is 0. The second-order valence-electron chi connectivity index (χ2n) is 8.59. The van der Waals surface area contributed by atoms with Crippen LogP contribution in [0.5, 0.6) is 0 Å². The molecule has 166 valence electrons. The zero-order valence-corrected chi connectivity index (χ0v) is 19.1. The quantitative estimate of drug-likeness (QED) is 0.404. The first-order valence-corrected chi connectivity index (χ1v) is 11.8. The van der Waals surface area contributed by atoms with Gasteiger partial charge in [-0.05, 0) is 42.7 Å². The summed E-state index contributed by atoms with van der Waals surface area (Å²) in [6, 6.07) is 28.0. The Bertz CT molecular complexity index is 1250. The Labute approximate surface area is 199 Å². The van der Waals surface area contributed by atoms with Crippen molar-refractivity contribution in [3.05, 3.63) is 101 Å². The number of likely N-dealkylation sites (tertiary alicyclic amines) is 1. The van der Waals surface area contributed by atoms with Crippen LogP contribution in [0.4, 0.5) is 0 Å². The maximum absolute atomic E-state index is 13.4. The molecule has 0 bridgehead atoms. The van der Waals surface area contributed by atoms with Crippen molar-refractivity contribution in [2.75, 3.05) is 13.1 Å². The van der Waals surface area contributed by atoms with Gasteiger partial charge in [-0.15, -0.1) is 0 Å². The molecule has 33 heavy (non-hydrogen) atoms. The van der Waals surface area contributed by atoms with E-state index < -0.39 is 0 Å². The molecule has 4 nitrogen and oxygen atoms in total. The molecule has 0 atom stereocenters. The third-order valence-electron chi connectivity index (χ3n) is 6.27. The first-order valence-electron chi connectivity index (χ1n) is 11.4. The Kier molecular flexibility index (Phi) is 6.38. The molecule has 1 amide bonds. The summed E-state index contributed by atoms with van der Waals surface area (Å²) in [6.07, 6.45) is 1.90. The largest absolute Gasteiger partial charge is 0.349 e. The number of nitrogens with one attached hydrogen (secondary N) is 1. The van der Waals surface area contributed by atoms with E-state index >= 15 is 0 Å². The van der Waals surface area contributed by atoms with Gasteiger partial charge in [0.15, 0.2) is 0 Å². The van der Waals surface area contributed by atoms with E-state index in [2.05, 4.69) is 34.5 Å². The van der Waals surface area contributed by atoms with Crippen molar-refractivity contribution in [1.82, 2.24) is 15.2 Å². The molecule has 1 fully saturated rings. The predicted octanol–water partition coefficient (Wildman–Crippen LogP) is 5.95. The molecule has 0 unspecified atom stereocenters. The summed E-state index contributed by atoms with van der Waals surface area (Å²) < 4.78 is 0. The number of aromatic nitrogens is 1. The Morgan fingerprint density at radius 2 is 1.64 bits per heavy atom. The molecule has 4 aromatic rings. The minimum absolute atomic E-state index is 0.0367. The van der Waals surface area contributed by atoms with Crippen molar-refractivity contribution in [2.24, 2.45) is 0 Å². The number of benzene rings is 3. The summed E-state index contributed by atoms with van der Waals surface area (Å²) in [5.41, 5.74) is 4.52. The van der Waals surface area contributed by atoms with E-state index in [0.717, 1.165) is 54.6 Å². The van der Waals surface area contributed by atoms with E-state index in [4.69, 9.17) is 16.6 Å². The van der Waals surface area contributed by atoms with Crippen LogP contribution < -0.4 is 5.32 Å². The summed E-state index contributed by atoms with van der Waals surface area (Å²) >= 11 is 6.05. The molecule has 1 aliphatic heterocycles. The average molecular weight is 456 g/mol. The van der Waals surface area contributed by atoms with Gasteiger partial charge in [-0.25, -0.2) is 4.98 Å². The third kappa shape index (κ3) is 5.08. The van der Waals surface area contributed by atoms with Gasteiger partial charge in [-0.2, -0.15) is 0 Å². The number of rotatable bonds is 5. The molecule has 0 radical (unpaired) electrons. The number of hydrogen-bond donors (Lipinski definition) is 1. The molecular formula is C28H26ClN3O. The molecular weight excluding hydrogens is 430 g/mol. The van der Waals surface area contributed by atoms with E-state index in [1.165, 1.54) is 5.56 Å². The standard InChI is InChI=1S/C28H26ClN3O/c29-22-12-10-21(11-13-22)27-18-25(24-8-4-5-9-26(24)31-27)28(33)30-23-14-16-32(17-15-23)19-20-6-2-1-3-7-20/h1-13,18,23H,14-17,19H2,(H,30,33). The van der Waals surface area contributed by atoms with E-state index in [-0.39, 0.29) is 11.9 Å². The van der Waals surface area contributed by atoms with Crippen LogP contribution in [0, 0.1) is 0 Å². The Morgan fingerprint density at radius 3 is 2.39 bits per heavy atom. The summed E-state index contributed by atoms with van der Waals surface area (Å²) in [5, 5.41) is 4.83. The van der Waals surface area contributed by atoms with Crippen molar-refractivity contribution >= 4 is 28.4 Å². The lowest BCUT2D eigenvalue weighted by Crippen LogP contribution is -2.44. The molecule has 2 heterocycles. The average Bonchev–Trinajstić information content (AvgIpc) is 2.85. The zero-order chi connectivity index (χ0) is 22.6. The summed E-state index contributed by atoms with van der Waals surface area (Å²) in [5.74, 6) is -0.0367. The maximum Gasteiger partial charge on any atom is 0.252 e. The van der Waals surface area contributed by atoms with Crippen molar-refractivity contribution in [1.29, 1.82) is 0 Å². The molecule has 1 aromatic heterocycles. The minimum atomic E-state index is -0.0367. The lowest BCUT2D eigenvalue weighted by atomic mass is 10.0. The molecule has 3 aromatic carbocycles. The topological polar surface area (TPSA) is 45.2 Å². The highest BCUT2D eigenvalue weighted by atomic mass is 35.5. The fraction of sp³-hybridized carbons (Fsp3) is 0.214. The number of fused-ring (bicyclic) bond motifs is 1. The Hall–Kier alpha value is -3.21. The van der Waals surface area contributed by atoms with Crippen molar-refractivity contribution in [2.45, 2.75) is 25.4 Å². The number of para-hydroxylation sites is 1.